The van der Waals surface area contributed by atoms with Crippen molar-refractivity contribution in [2.24, 2.45) is 5.92 Å². The zero-order valence-corrected chi connectivity index (χ0v) is 27.7. The fourth-order valence-electron chi connectivity index (χ4n) is 5.46. The van der Waals surface area contributed by atoms with Gasteiger partial charge in [0.25, 0.3) is 0 Å². The minimum atomic E-state index is 0.0927. The normalized spacial score (nSPS) is 12.6. The number of esters is 1. The number of hydrogen-bond donors (Lipinski definition) is 0. The van der Waals surface area contributed by atoms with Gasteiger partial charge in [0.15, 0.2) is 0 Å². The topological polar surface area (TPSA) is 26.3 Å². The number of ether oxygens (including phenoxy) is 1. The lowest BCUT2D eigenvalue weighted by Crippen LogP contribution is -2.18. The molecule has 0 aromatic carbocycles. The molecule has 40 heavy (non-hydrogen) atoms. The third-order valence-electron chi connectivity index (χ3n) is 8.23. The Labute approximate surface area is 252 Å². The summed E-state index contributed by atoms with van der Waals surface area (Å²) in [5.74, 6) is 0.216. The molecular formula is C38H72O2. The fraction of sp³-hybridized carbons (Fsp3) is 0.868. The van der Waals surface area contributed by atoms with Crippen LogP contribution in [0.25, 0.3) is 0 Å². The highest BCUT2D eigenvalue weighted by molar-refractivity contribution is 5.72. The quantitative estimate of drug-likeness (QED) is 0.0464. The van der Waals surface area contributed by atoms with Crippen LogP contribution in [0.4, 0.5) is 0 Å². The van der Waals surface area contributed by atoms with Crippen molar-refractivity contribution in [3.05, 3.63) is 24.3 Å². The summed E-state index contributed by atoms with van der Waals surface area (Å²) in [5, 5.41) is 0. The first kappa shape index (κ1) is 39.0. The summed E-state index contributed by atoms with van der Waals surface area (Å²) >= 11 is 0. The summed E-state index contributed by atoms with van der Waals surface area (Å²) in [7, 11) is 0. The molecule has 236 valence electrons. The van der Waals surface area contributed by atoms with Crippen molar-refractivity contribution in [1.29, 1.82) is 0 Å². The molecule has 2 nitrogen and oxygen atoms in total. The molecule has 0 radical (unpaired) electrons. The van der Waals surface area contributed by atoms with Crippen LogP contribution in [0.5, 0.6) is 0 Å². The van der Waals surface area contributed by atoms with Crippen molar-refractivity contribution in [2.45, 2.75) is 201 Å². The number of hydrogen-bond acceptors (Lipinski definition) is 2. The van der Waals surface area contributed by atoms with E-state index in [0.29, 0.717) is 6.61 Å². The first-order valence-corrected chi connectivity index (χ1v) is 18.2. The van der Waals surface area contributed by atoms with Gasteiger partial charge in [-0.15, -0.1) is 0 Å². The number of unbranched alkanes of at least 4 members (excludes halogenated alkanes) is 21. The molecule has 0 fully saturated rings. The maximum Gasteiger partial charge on any atom is 0.308 e. The van der Waals surface area contributed by atoms with E-state index in [1.54, 1.807) is 0 Å². The molecule has 0 spiro atoms. The van der Waals surface area contributed by atoms with Crippen LogP contribution < -0.4 is 0 Å². The van der Waals surface area contributed by atoms with Crippen LogP contribution >= 0.6 is 0 Å². The molecule has 0 aromatic heterocycles. The summed E-state index contributed by atoms with van der Waals surface area (Å²) in [6.45, 7) is 7.43. The van der Waals surface area contributed by atoms with Crippen molar-refractivity contribution >= 4 is 5.97 Å². The van der Waals surface area contributed by atoms with Gasteiger partial charge < -0.3 is 4.74 Å². The second kappa shape index (κ2) is 34.2. The Morgan fingerprint density at radius 2 is 0.850 bits per heavy atom. The lowest BCUT2D eigenvalue weighted by atomic mass is 9.94. The van der Waals surface area contributed by atoms with E-state index < -0.39 is 0 Å². The Morgan fingerprint density at radius 1 is 0.475 bits per heavy atom. The summed E-state index contributed by atoms with van der Waals surface area (Å²) < 4.78 is 5.79. The van der Waals surface area contributed by atoms with E-state index >= 15 is 0 Å². The molecular weight excluding hydrogens is 488 g/mol. The third-order valence-corrected chi connectivity index (χ3v) is 8.23. The first-order chi connectivity index (χ1) is 19.8. The van der Waals surface area contributed by atoms with Crippen molar-refractivity contribution in [2.75, 3.05) is 6.61 Å². The molecule has 0 saturated carbocycles. The van der Waals surface area contributed by atoms with Gasteiger partial charge >= 0.3 is 5.97 Å². The van der Waals surface area contributed by atoms with Gasteiger partial charge in [-0.3, -0.25) is 4.79 Å². The molecule has 0 N–H and O–H groups in total. The van der Waals surface area contributed by atoms with E-state index in [-0.39, 0.29) is 11.9 Å². The van der Waals surface area contributed by atoms with Crippen molar-refractivity contribution in [1.82, 2.24) is 0 Å². The van der Waals surface area contributed by atoms with Gasteiger partial charge in [0, 0.05) is 0 Å². The molecule has 0 bridgehead atoms. The van der Waals surface area contributed by atoms with Gasteiger partial charge in [-0.05, 0) is 51.4 Å². The van der Waals surface area contributed by atoms with Crippen LogP contribution in [-0.2, 0) is 9.53 Å². The van der Waals surface area contributed by atoms with Crippen molar-refractivity contribution in [3.63, 3.8) is 0 Å². The zero-order valence-electron chi connectivity index (χ0n) is 27.7. The highest BCUT2D eigenvalue weighted by Gasteiger charge is 2.19. The van der Waals surface area contributed by atoms with E-state index in [9.17, 15) is 4.79 Å². The molecule has 0 aliphatic rings. The highest BCUT2D eigenvalue weighted by Crippen LogP contribution is 2.21. The van der Waals surface area contributed by atoms with Gasteiger partial charge in [0.1, 0.15) is 0 Å². The summed E-state index contributed by atoms with van der Waals surface area (Å²) in [5.41, 5.74) is 0. The molecule has 1 atom stereocenters. The minimum Gasteiger partial charge on any atom is -0.465 e. The first-order valence-electron chi connectivity index (χ1n) is 18.2. The standard InChI is InChI=1S/C38H72O2/c1-4-7-10-13-16-18-20-21-22-23-24-26-29-32-35-37(34-31-28-15-12-9-6-3)38(39)40-36-33-30-27-25-19-17-14-11-8-5-2/h16,18,21-22,37H,4-15,17,19-20,23-36H2,1-3H3/b18-16-,22-21-. The van der Waals surface area contributed by atoms with Crippen molar-refractivity contribution in [3.8, 4) is 0 Å². The van der Waals surface area contributed by atoms with Gasteiger partial charge in [-0.25, -0.2) is 0 Å². The largest absolute Gasteiger partial charge is 0.465 e. The van der Waals surface area contributed by atoms with Crippen molar-refractivity contribution < 1.29 is 9.53 Å². The monoisotopic (exact) mass is 561 g/mol. The van der Waals surface area contributed by atoms with E-state index in [1.807, 2.05) is 0 Å². The summed E-state index contributed by atoms with van der Waals surface area (Å²) in [6.07, 6.45) is 44.7. The van der Waals surface area contributed by atoms with Crippen LogP contribution in [0.2, 0.25) is 0 Å². The summed E-state index contributed by atoms with van der Waals surface area (Å²) in [6, 6.07) is 0. The number of carbonyl (C=O) groups is 1. The Morgan fingerprint density at radius 3 is 1.35 bits per heavy atom. The molecule has 0 aliphatic heterocycles. The second-order valence-electron chi connectivity index (χ2n) is 12.3. The predicted octanol–water partition coefficient (Wildman–Crippen LogP) is 13.2. The summed E-state index contributed by atoms with van der Waals surface area (Å²) in [4.78, 5) is 12.9. The van der Waals surface area contributed by atoms with E-state index in [1.165, 1.54) is 148 Å². The molecule has 0 amide bonds. The number of rotatable bonds is 32. The van der Waals surface area contributed by atoms with Crippen LogP contribution in [0.3, 0.4) is 0 Å². The molecule has 0 saturated heterocycles. The van der Waals surface area contributed by atoms with Gasteiger partial charge in [0.2, 0.25) is 0 Å². The van der Waals surface area contributed by atoms with Crippen LogP contribution in [0.15, 0.2) is 24.3 Å². The third kappa shape index (κ3) is 29.9. The van der Waals surface area contributed by atoms with Gasteiger partial charge in [-0.1, -0.05) is 173 Å². The van der Waals surface area contributed by atoms with E-state index in [4.69, 9.17) is 4.74 Å². The maximum absolute atomic E-state index is 12.9. The molecule has 0 aromatic rings. The minimum absolute atomic E-state index is 0.0927. The number of allylic oxidation sites excluding steroid dienone is 4. The maximum atomic E-state index is 12.9. The Hall–Kier alpha value is -1.05. The fourth-order valence-corrected chi connectivity index (χ4v) is 5.46. The second-order valence-corrected chi connectivity index (χ2v) is 12.3. The average molecular weight is 561 g/mol. The SMILES string of the molecule is CCCCC/C=C\C/C=C\CCCCCCC(CCCCCCCC)C(=O)OCCCCCCCCCCCC. The molecule has 0 aliphatic carbocycles. The van der Waals surface area contributed by atoms with Gasteiger partial charge in [0.05, 0.1) is 12.5 Å². The molecule has 0 rings (SSSR count). The molecule has 0 heterocycles. The lowest BCUT2D eigenvalue weighted by Gasteiger charge is -2.16. The molecule has 2 heteroatoms. The van der Waals surface area contributed by atoms with E-state index in [0.717, 1.165) is 32.1 Å². The smallest absolute Gasteiger partial charge is 0.308 e. The van der Waals surface area contributed by atoms with Gasteiger partial charge in [-0.2, -0.15) is 0 Å². The lowest BCUT2D eigenvalue weighted by molar-refractivity contribution is -0.149. The Bertz CT molecular complexity index is 550. The average Bonchev–Trinajstić information content (AvgIpc) is 2.96. The predicted molar refractivity (Wildman–Crippen MR) is 179 cm³/mol. The van der Waals surface area contributed by atoms with Crippen LogP contribution in [0, 0.1) is 5.92 Å². The Balaban J connectivity index is 4.03. The zero-order chi connectivity index (χ0) is 29.2. The molecule has 1 unspecified atom stereocenters. The van der Waals surface area contributed by atoms with Crippen LogP contribution in [0.1, 0.15) is 201 Å². The Kier molecular flexibility index (Phi) is 33.3. The highest BCUT2D eigenvalue weighted by atomic mass is 16.5. The van der Waals surface area contributed by atoms with Crippen LogP contribution in [-0.4, -0.2) is 12.6 Å². The number of carbonyl (C=O) groups excluding carboxylic acids is 1. The van der Waals surface area contributed by atoms with E-state index in [2.05, 4.69) is 45.1 Å².